The van der Waals surface area contributed by atoms with Crippen LogP contribution in [0.4, 0.5) is 0 Å². The van der Waals surface area contributed by atoms with Crippen molar-refractivity contribution in [2.45, 2.75) is 0 Å². The van der Waals surface area contributed by atoms with Crippen LogP contribution < -0.4 is 71.7 Å². The van der Waals surface area contributed by atoms with Crippen LogP contribution in [0.5, 0.6) is 0 Å². The molecule has 0 radical (unpaired) electrons. The predicted octanol–water partition coefficient (Wildman–Crippen LogP) is -15.2. The van der Waals surface area contributed by atoms with Gasteiger partial charge in [0.2, 0.25) is 0 Å². The minimum Gasteiger partial charge on any atom is -0.412 e. The maximum Gasteiger partial charge on any atom is 2.00 e. The van der Waals surface area contributed by atoms with E-state index in [2.05, 4.69) is 61.5 Å². The molecule has 0 saturated carbocycles. The van der Waals surface area contributed by atoms with Crippen LogP contribution in [0.2, 0.25) is 0 Å². The summed E-state index contributed by atoms with van der Waals surface area (Å²) in [7, 11) is -9.89. The third-order valence-corrected chi connectivity index (χ3v) is 4.21. The fraction of sp³-hybridized carbons (Fsp3) is 0. The zero-order valence-corrected chi connectivity index (χ0v) is 28.8. The van der Waals surface area contributed by atoms with Gasteiger partial charge >= 0.3 is 16.5 Å². The van der Waals surface area contributed by atoms with Gasteiger partial charge in [-0.05, 0) is 36.4 Å². The normalized spacial score (nSPS) is 12.0. The van der Waals surface area contributed by atoms with Crippen molar-refractivity contribution in [2.24, 2.45) is 65.3 Å². The second kappa shape index (κ2) is 29.0. The summed E-state index contributed by atoms with van der Waals surface area (Å²) in [5.74, 6) is -0.980. The smallest absolute Gasteiger partial charge is 0.412 e. The molecule has 3 rings (SSSR count). The summed E-state index contributed by atoms with van der Waals surface area (Å²) in [5, 5.41) is 87.8. The number of nitrogens with zero attached hydrogens (tertiary/aromatic N) is 12. The minimum atomic E-state index is -4.94. The molecule has 0 aliphatic heterocycles. The second-order valence-electron chi connectivity index (χ2n) is 7.58. The average Bonchev–Trinajstić information content (AvgIpc) is 3.12. The van der Waals surface area contributed by atoms with Gasteiger partial charge in [0, 0.05) is 0 Å². The summed E-state index contributed by atoms with van der Waals surface area (Å²) in [6.07, 6.45) is 0. The van der Waals surface area contributed by atoms with E-state index in [9.17, 15) is 0 Å². The summed E-state index contributed by atoms with van der Waals surface area (Å²) in [4.78, 5) is 0. The van der Waals surface area contributed by atoms with Crippen LogP contribution in [0.3, 0.4) is 0 Å². The molecule has 310 valence electrons. The quantitative estimate of drug-likeness (QED) is 0.0359. The maximum atomic E-state index is 8.49. The molecule has 34 nitrogen and oxygen atoms in total. The van der Waals surface area contributed by atoms with E-state index in [4.69, 9.17) is 103 Å². The van der Waals surface area contributed by atoms with Gasteiger partial charge in [0.1, 0.15) is 34.2 Å². The van der Waals surface area contributed by atoms with Crippen molar-refractivity contribution in [2.75, 3.05) is 0 Å². The molecule has 3 aromatic heterocycles. The molecule has 37 heteroatoms. The van der Waals surface area contributed by atoms with E-state index in [-0.39, 0.29) is 96.6 Å². The van der Waals surface area contributed by atoms with Crippen LogP contribution in [0, 0.1) is 20.5 Å². The van der Waals surface area contributed by atoms with Gasteiger partial charge in [0.15, 0.2) is 35.0 Å². The molecule has 0 aliphatic carbocycles. The summed E-state index contributed by atoms with van der Waals surface area (Å²) >= 11 is 0. The number of hydrogen-bond donors (Lipinski definition) is 12. The molecule has 0 aliphatic rings. The third-order valence-electron chi connectivity index (χ3n) is 4.21. The van der Waals surface area contributed by atoms with Gasteiger partial charge in [-0.15, -0.1) is 51.1 Å². The topological polar surface area (TPSA) is 676 Å². The van der Waals surface area contributed by atoms with E-state index in [1.165, 1.54) is 36.4 Å². The summed E-state index contributed by atoms with van der Waals surface area (Å²) in [6.45, 7) is 0. The Morgan fingerprint density at radius 2 is 0.455 bits per heavy atom. The van der Waals surface area contributed by atoms with Crippen LogP contribution in [0.1, 0.15) is 34.2 Å². The van der Waals surface area contributed by atoms with E-state index in [1.807, 2.05) is 0 Å². The van der Waals surface area contributed by atoms with Crippen LogP contribution in [0.15, 0.2) is 67.3 Å². The third kappa shape index (κ3) is 27.8. The molecule has 0 amide bonds. The fourth-order valence-corrected chi connectivity index (χ4v) is 2.12. The van der Waals surface area contributed by atoms with Gasteiger partial charge in [-0.1, -0.05) is 30.9 Å². The molecule has 0 unspecified atom stereocenters. The van der Waals surface area contributed by atoms with Crippen LogP contribution in [0.25, 0.3) is 0 Å². The fourth-order valence-electron chi connectivity index (χ4n) is 2.12. The van der Waals surface area contributed by atoms with Crippen molar-refractivity contribution in [3.63, 3.8) is 0 Å². The molecule has 3 heterocycles. The van der Waals surface area contributed by atoms with Gasteiger partial charge in [0.05, 0.1) is 0 Å². The van der Waals surface area contributed by atoms with Crippen molar-refractivity contribution in [1.29, 1.82) is 0 Å². The maximum absolute atomic E-state index is 8.49. The van der Waals surface area contributed by atoms with Gasteiger partial charge in [0.25, 0.3) is 0 Å². The molecule has 55 heavy (non-hydrogen) atoms. The Hall–Kier alpha value is -6.47. The molecule has 0 aromatic carbocycles. The molecular formula is C18H28Cl2N18NiO16. The van der Waals surface area contributed by atoms with Crippen molar-refractivity contribution in [3.8, 4) is 0 Å². The Balaban J connectivity index is -0.000000197. The van der Waals surface area contributed by atoms with E-state index >= 15 is 0 Å². The van der Waals surface area contributed by atoms with E-state index in [1.54, 1.807) is 0 Å². The predicted molar refractivity (Wildman–Crippen MR) is 148 cm³/mol. The molecule has 0 atom stereocenters. The Bertz CT molecular complexity index is 1380. The number of rotatable bonds is 6. The summed E-state index contributed by atoms with van der Waals surface area (Å²) < 4.78 is 67.9. The first-order valence-electron chi connectivity index (χ1n) is 11.7. The average molecular weight is 882 g/mol. The van der Waals surface area contributed by atoms with Gasteiger partial charge in [-0.25, -0.2) is 37.3 Å². The molecule has 22 N–H and O–H groups in total. The zero-order chi connectivity index (χ0) is 40.7. The first kappa shape index (κ1) is 57.9. The summed E-state index contributed by atoms with van der Waals surface area (Å²) in [6, 6.07) is 8.56. The van der Waals surface area contributed by atoms with E-state index in [0.717, 1.165) is 0 Å². The van der Waals surface area contributed by atoms with Crippen molar-refractivity contribution >= 4 is 35.0 Å². The first-order chi connectivity index (χ1) is 24.1. The van der Waals surface area contributed by atoms with Gasteiger partial charge in [-0.2, -0.15) is 0 Å². The van der Waals surface area contributed by atoms with E-state index in [0.29, 0.717) is 0 Å². The Kier molecular flexibility index (Phi) is 30.6. The number of hydrogen-bond acceptors (Lipinski definition) is 26. The van der Waals surface area contributed by atoms with E-state index < -0.39 is 20.5 Å². The van der Waals surface area contributed by atoms with Crippen molar-refractivity contribution in [1.82, 2.24) is 30.6 Å². The second-order valence-corrected chi connectivity index (χ2v) is 9.09. The van der Waals surface area contributed by atoms with Crippen molar-refractivity contribution < 1.29 is 116 Å². The molecule has 0 bridgehead atoms. The molecule has 0 spiro atoms. The molecule has 3 aromatic rings. The largest absolute Gasteiger partial charge is 2.00 e. The standard InChI is InChI=1S/3C6H8N6O2.2ClHO4.Ni.2H2O/c3*7-5(11-13)3-1-2-4(10-9-3)6(8)12-14;2*2-1(3,4)5;;;/h3*1-2,13-14H,(H2,7,11)(H2,8,12);2*(H,2,3,4,5);;2*1H2/q;;;;;+2;;/p-2. The van der Waals surface area contributed by atoms with Crippen LogP contribution in [-0.2, 0) is 16.5 Å². The summed E-state index contributed by atoms with van der Waals surface area (Å²) in [5.41, 5.74) is 32.6. The monoisotopic (exact) mass is 880 g/mol. The number of oxime groups is 6. The number of halogens is 2. The Morgan fingerprint density at radius 1 is 0.364 bits per heavy atom. The number of amidine groups is 6. The molecular weight excluding hydrogens is 854 g/mol. The van der Waals surface area contributed by atoms with Crippen LogP contribution in [-0.4, -0.2) is 108 Å². The van der Waals surface area contributed by atoms with Crippen LogP contribution >= 0.6 is 0 Å². The van der Waals surface area contributed by atoms with Gasteiger partial charge < -0.3 is 76.6 Å². The van der Waals surface area contributed by atoms with Crippen molar-refractivity contribution in [3.05, 3.63) is 70.6 Å². The SMILES string of the molecule is N/C(=N\O)c1ccc(/C(N)=N/O)nn1.N/C(=N\O)c1ccc(/C(N)=N/O)nn1.N/C(=N\O)c1ccc(/C(N)=N/O)nn1.O.O.[Ni+2].[O-][Cl+3]([O-])([O-])[O-].[O-][Cl+3]([O-])([O-])[O-]. The number of nitrogens with two attached hydrogens (primary N) is 6. The first-order valence-corrected chi connectivity index (χ1v) is 14.2. The minimum absolute atomic E-state index is 0. The number of aromatic nitrogens is 6. The Labute approximate surface area is 317 Å². The molecule has 0 fully saturated rings. The molecule has 0 saturated heterocycles. The Morgan fingerprint density at radius 3 is 0.509 bits per heavy atom. The van der Waals surface area contributed by atoms with Gasteiger partial charge in [-0.3, -0.25) is 0 Å². The zero-order valence-electron chi connectivity index (χ0n) is 26.3.